The summed E-state index contributed by atoms with van der Waals surface area (Å²) >= 11 is 0. The Morgan fingerprint density at radius 3 is 2.61 bits per heavy atom. The van der Waals surface area contributed by atoms with Crippen LogP contribution < -0.4 is 10.1 Å². The third-order valence-electron chi connectivity index (χ3n) is 5.89. The number of amides is 1. The van der Waals surface area contributed by atoms with Gasteiger partial charge in [-0.3, -0.25) is 14.2 Å². The van der Waals surface area contributed by atoms with E-state index in [1.54, 1.807) is 25.6 Å². The van der Waals surface area contributed by atoms with E-state index >= 15 is 0 Å². The van der Waals surface area contributed by atoms with Crippen molar-refractivity contribution >= 4 is 11.6 Å². The Kier molecular flexibility index (Phi) is 5.94. The molecule has 1 atom stereocenters. The number of halogens is 3. The van der Waals surface area contributed by atoms with Gasteiger partial charge in [-0.05, 0) is 57.4 Å². The minimum absolute atomic E-state index is 0.0120. The van der Waals surface area contributed by atoms with Crippen LogP contribution in [0, 0.1) is 13.8 Å². The average molecular weight is 461 g/mol. The van der Waals surface area contributed by atoms with Crippen molar-refractivity contribution < 1.29 is 22.7 Å². The molecule has 1 unspecified atom stereocenters. The zero-order valence-electron chi connectivity index (χ0n) is 18.9. The van der Waals surface area contributed by atoms with E-state index < -0.39 is 23.8 Å². The van der Waals surface area contributed by atoms with E-state index in [0.717, 1.165) is 35.9 Å². The van der Waals surface area contributed by atoms with E-state index in [-0.39, 0.29) is 5.92 Å². The van der Waals surface area contributed by atoms with E-state index in [9.17, 15) is 18.0 Å². The molecule has 2 aromatic heterocycles. The van der Waals surface area contributed by atoms with Crippen LogP contribution in [0.15, 0.2) is 30.3 Å². The second-order valence-corrected chi connectivity index (χ2v) is 8.39. The molecule has 176 valence electrons. The normalized spacial score (nSPS) is 14.9. The lowest BCUT2D eigenvalue weighted by Crippen LogP contribution is -2.26. The van der Waals surface area contributed by atoms with Crippen molar-refractivity contribution in [2.75, 3.05) is 12.4 Å². The number of nitrogens with one attached hydrogen (secondary N) is 1. The minimum Gasteiger partial charge on any atom is -0.497 e. The molecule has 1 N–H and O–H groups in total. The summed E-state index contributed by atoms with van der Waals surface area (Å²) in [4.78, 5) is 13.0. The predicted octanol–water partition coefficient (Wildman–Crippen LogP) is 4.85. The number of hydrogen-bond acceptors (Lipinski definition) is 4. The Bertz CT molecular complexity index is 1180. The quantitative estimate of drug-likeness (QED) is 0.546. The molecule has 1 aromatic carbocycles. The predicted molar refractivity (Wildman–Crippen MR) is 116 cm³/mol. The maximum Gasteiger partial charge on any atom is 0.435 e. The fourth-order valence-electron chi connectivity index (χ4n) is 3.86. The third-order valence-corrected chi connectivity index (χ3v) is 5.89. The average Bonchev–Trinajstić information content (AvgIpc) is 3.46. The molecule has 10 heteroatoms. The fraction of sp³-hybridized carbons (Fsp3) is 0.435. The van der Waals surface area contributed by atoms with Gasteiger partial charge in [0.05, 0.1) is 30.7 Å². The molecule has 1 fully saturated rings. The lowest BCUT2D eigenvalue weighted by Gasteiger charge is -2.16. The van der Waals surface area contributed by atoms with Gasteiger partial charge in [-0.2, -0.15) is 23.4 Å². The summed E-state index contributed by atoms with van der Waals surface area (Å²) in [5.41, 5.74) is 2.38. The molecule has 1 saturated carbocycles. The monoisotopic (exact) mass is 461 g/mol. The molecular weight excluding hydrogens is 435 g/mol. The Balaban J connectivity index is 1.55. The van der Waals surface area contributed by atoms with Gasteiger partial charge in [0.2, 0.25) is 5.91 Å². The number of rotatable bonds is 7. The molecule has 3 aromatic rings. The van der Waals surface area contributed by atoms with Crippen LogP contribution >= 0.6 is 0 Å². The molecule has 0 radical (unpaired) electrons. The van der Waals surface area contributed by atoms with Crippen LogP contribution in [-0.2, 0) is 17.5 Å². The first kappa shape index (κ1) is 22.9. The number of ether oxygens (including phenoxy) is 1. The smallest absolute Gasteiger partial charge is 0.435 e. The standard InChI is InChI=1S/C23H26F3N5O2/c1-13-21(14(2)30(28-13)12-16-6-5-7-18(10-16)33-4)27-22(32)15(3)31-19(17-8-9-17)11-20(29-31)23(24,25)26/h5-7,10-11,15,17H,8-9,12H2,1-4H3,(H,27,32). The van der Waals surface area contributed by atoms with Gasteiger partial charge in [0.25, 0.3) is 0 Å². The second-order valence-electron chi connectivity index (χ2n) is 8.39. The Hall–Kier alpha value is -3.30. The number of aromatic nitrogens is 4. The van der Waals surface area contributed by atoms with Gasteiger partial charge >= 0.3 is 6.18 Å². The van der Waals surface area contributed by atoms with Gasteiger partial charge in [0, 0.05) is 11.6 Å². The van der Waals surface area contributed by atoms with Crippen LogP contribution in [0.25, 0.3) is 0 Å². The second kappa shape index (κ2) is 8.57. The highest BCUT2D eigenvalue weighted by molar-refractivity contribution is 5.94. The van der Waals surface area contributed by atoms with Crippen LogP contribution in [0.4, 0.5) is 18.9 Å². The Labute approximate surface area is 189 Å². The van der Waals surface area contributed by atoms with Crippen molar-refractivity contribution in [2.45, 2.75) is 58.3 Å². The molecule has 0 spiro atoms. The molecule has 0 bridgehead atoms. The number of carbonyl (C=O) groups excluding carboxylic acids is 1. The molecular formula is C23H26F3N5O2. The summed E-state index contributed by atoms with van der Waals surface area (Å²) < 4.78 is 47.9. The lowest BCUT2D eigenvalue weighted by atomic mass is 10.2. The molecule has 1 aliphatic rings. The van der Waals surface area contributed by atoms with E-state index in [4.69, 9.17) is 4.74 Å². The number of hydrogen-bond donors (Lipinski definition) is 1. The SMILES string of the molecule is COc1cccc(Cn2nc(C)c(NC(=O)C(C)n3nc(C(F)(F)F)cc3C3CC3)c2C)c1. The number of aryl methyl sites for hydroxylation is 1. The van der Waals surface area contributed by atoms with E-state index in [0.29, 0.717) is 23.6 Å². The number of nitrogens with zero attached hydrogens (tertiary/aromatic N) is 4. The number of methoxy groups -OCH3 is 1. The molecule has 0 saturated heterocycles. The van der Waals surface area contributed by atoms with Crippen molar-refractivity contribution in [3.05, 3.63) is 58.7 Å². The highest BCUT2D eigenvalue weighted by atomic mass is 19.4. The topological polar surface area (TPSA) is 74.0 Å². The molecule has 4 rings (SSSR count). The van der Waals surface area contributed by atoms with Crippen LogP contribution in [0.2, 0.25) is 0 Å². The number of anilines is 1. The van der Waals surface area contributed by atoms with Crippen LogP contribution in [0.3, 0.4) is 0 Å². The van der Waals surface area contributed by atoms with Crippen molar-refractivity contribution in [1.82, 2.24) is 19.6 Å². The lowest BCUT2D eigenvalue weighted by molar-refractivity contribution is -0.141. The largest absolute Gasteiger partial charge is 0.497 e. The summed E-state index contributed by atoms with van der Waals surface area (Å²) in [6.07, 6.45) is -2.96. The third kappa shape index (κ3) is 4.74. The van der Waals surface area contributed by atoms with Crippen LogP contribution in [0.1, 0.15) is 60.1 Å². The summed E-state index contributed by atoms with van der Waals surface area (Å²) in [5, 5.41) is 11.1. The van der Waals surface area contributed by atoms with Crippen LogP contribution in [0.5, 0.6) is 5.75 Å². The van der Waals surface area contributed by atoms with Gasteiger partial charge in [-0.1, -0.05) is 12.1 Å². The highest BCUT2D eigenvalue weighted by Gasteiger charge is 2.39. The first-order valence-corrected chi connectivity index (χ1v) is 10.7. The van der Waals surface area contributed by atoms with E-state index in [1.165, 1.54) is 4.68 Å². The first-order chi connectivity index (χ1) is 15.6. The van der Waals surface area contributed by atoms with Gasteiger partial charge in [0.15, 0.2) is 5.69 Å². The zero-order chi connectivity index (χ0) is 23.9. The summed E-state index contributed by atoms with van der Waals surface area (Å²) in [6.45, 7) is 5.65. The first-order valence-electron chi connectivity index (χ1n) is 10.7. The molecule has 1 amide bonds. The molecule has 1 aliphatic carbocycles. The summed E-state index contributed by atoms with van der Waals surface area (Å²) in [7, 11) is 1.60. The zero-order valence-corrected chi connectivity index (χ0v) is 18.9. The minimum atomic E-state index is -4.56. The van der Waals surface area contributed by atoms with E-state index in [1.807, 2.05) is 31.2 Å². The van der Waals surface area contributed by atoms with Crippen molar-refractivity contribution in [1.29, 1.82) is 0 Å². The molecule has 2 heterocycles. The number of alkyl halides is 3. The van der Waals surface area contributed by atoms with Crippen molar-refractivity contribution in [3.8, 4) is 5.75 Å². The maximum atomic E-state index is 13.2. The highest BCUT2D eigenvalue weighted by Crippen LogP contribution is 2.43. The Morgan fingerprint density at radius 2 is 1.97 bits per heavy atom. The molecule has 0 aliphatic heterocycles. The number of benzene rings is 1. The molecule has 7 nitrogen and oxygen atoms in total. The fourth-order valence-corrected chi connectivity index (χ4v) is 3.86. The number of carbonyl (C=O) groups is 1. The van der Waals surface area contributed by atoms with Crippen LogP contribution in [-0.4, -0.2) is 32.6 Å². The van der Waals surface area contributed by atoms with Gasteiger partial charge in [-0.15, -0.1) is 0 Å². The van der Waals surface area contributed by atoms with Gasteiger partial charge in [-0.25, -0.2) is 0 Å². The van der Waals surface area contributed by atoms with Crippen molar-refractivity contribution in [3.63, 3.8) is 0 Å². The Morgan fingerprint density at radius 1 is 1.24 bits per heavy atom. The van der Waals surface area contributed by atoms with Gasteiger partial charge in [0.1, 0.15) is 11.8 Å². The van der Waals surface area contributed by atoms with E-state index in [2.05, 4.69) is 15.5 Å². The summed E-state index contributed by atoms with van der Waals surface area (Å²) in [6, 6.07) is 7.76. The summed E-state index contributed by atoms with van der Waals surface area (Å²) in [5.74, 6) is 0.305. The molecule has 33 heavy (non-hydrogen) atoms. The maximum absolute atomic E-state index is 13.2. The van der Waals surface area contributed by atoms with Gasteiger partial charge < -0.3 is 10.1 Å². The van der Waals surface area contributed by atoms with Crippen molar-refractivity contribution in [2.24, 2.45) is 0 Å².